The summed E-state index contributed by atoms with van der Waals surface area (Å²) >= 11 is 3.45. The number of carbonyl (C=O) groups excluding carboxylic acids is 1. The molecule has 0 saturated heterocycles. The molecule has 3 heteroatoms. The number of hydrogen-bond acceptors (Lipinski definition) is 1. The normalized spacial score (nSPS) is 19.5. The highest BCUT2D eigenvalue weighted by molar-refractivity contribution is 9.10. The number of amides is 1. The van der Waals surface area contributed by atoms with E-state index in [0.29, 0.717) is 0 Å². The molecule has 1 aromatic carbocycles. The molecule has 1 heterocycles. The van der Waals surface area contributed by atoms with Crippen LogP contribution in [-0.2, 0) is 4.79 Å². The van der Waals surface area contributed by atoms with Gasteiger partial charge in [-0.3, -0.25) is 4.79 Å². The van der Waals surface area contributed by atoms with Crippen LogP contribution in [0.5, 0.6) is 0 Å². The molecule has 1 N–H and O–H groups in total. The van der Waals surface area contributed by atoms with Crippen LogP contribution in [0.2, 0.25) is 0 Å². The lowest BCUT2D eigenvalue weighted by atomic mass is 9.82. The number of rotatable bonds is 1. The highest BCUT2D eigenvalue weighted by atomic mass is 79.9. The second-order valence-electron chi connectivity index (χ2n) is 5.54. The first-order valence-corrected chi connectivity index (χ1v) is 6.26. The van der Waals surface area contributed by atoms with E-state index >= 15 is 0 Å². The lowest BCUT2D eigenvalue weighted by Crippen LogP contribution is -2.18. The third kappa shape index (κ3) is 2.29. The zero-order valence-corrected chi connectivity index (χ0v) is 11.4. The van der Waals surface area contributed by atoms with Gasteiger partial charge in [0.25, 0.3) is 0 Å². The maximum atomic E-state index is 11.9. The Labute approximate surface area is 105 Å². The summed E-state index contributed by atoms with van der Waals surface area (Å²) < 4.78 is 1.03. The Hall–Kier alpha value is -0.830. The van der Waals surface area contributed by atoms with Crippen molar-refractivity contribution >= 4 is 27.5 Å². The predicted molar refractivity (Wildman–Crippen MR) is 69.6 cm³/mol. The minimum atomic E-state index is -0.00694. The first-order valence-electron chi connectivity index (χ1n) is 5.47. The minimum Gasteiger partial charge on any atom is -0.325 e. The van der Waals surface area contributed by atoms with Crippen molar-refractivity contribution < 1.29 is 4.79 Å². The van der Waals surface area contributed by atoms with Gasteiger partial charge in [0.15, 0.2) is 0 Å². The van der Waals surface area contributed by atoms with Crippen LogP contribution >= 0.6 is 15.9 Å². The average molecular weight is 282 g/mol. The molecule has 2 nitrogen and oxygen atoms in total. The van der Waals surface area contributed by atoms with Crippen LogP contribution in [0.25, 0.3) is 0 Å². The summed E-state index contributed by atoms with van der Waals surface area (Å²) in [5.41, 5.74) is 2.24. The van der Waals surface area contributed by atoms with Gasteiger partial charge >= 0.3 is 0 Å². The predicted octanol–water partition coefficient (Wildman–Crippen LogP) is 3.92. The molecule has 0 saturated carbocycles. The van der Waals surface area contributed by atoms with E-state index < -0.39 is 0 Å². The van der Waals surface area contributed by atoms with Crippen LogP contribution < -0.4 is 5.32 Å². The highest BCUT2D eigenvalue weighted by Crippen LogP contribution is 2.40. The van der Waals surface area contributed by atoms with Crippen molar-refractivity contribution in [1.29, 1.82) is 0 Å². The molecule has 86 valence electrons. The number of fused-ring (bicyclic) bond motifs is 1. The number of benzene rings is 1. The monoisotopic (exact) mass is 281 g/mol. The summed E-state index contributed by atoms with van der Waals surface area (Å²) in [4.78, 5) is 11.9. The minimum absolute atomic E-state index is 0.00694. The van der Waals surface area contributed by atoms with Crippen molar-refractivity contribution in [2.75, 3.05) is 5.32 Å². The van der Waals surface area contributed by atoms with Gasteiger partial charge in [-0.15, -0.1) is 0 Å². The number of anilines is 1. The Morgan fingerprint density at radius 2 is 2.06 bits per heavy atom. The molecular weight excluding hydrogens is 266 g/mol. The van der Waals surface area contributed by atoms with Crippen molar-refractivity contribution in [2.45, 2.75) is 33.1 Å². The second-order valence-corrected chi connectivity index (χ2v) is 6.45. The van der Waals surface area contributed by atoms with Gasteiger partial charge in [0, 0.05) is 10.2 Å². The summed E-state index contributed by atoms with van der Waals surface area (Å²) in [6.07, 6.45) is 0.877. The maximum Gasteiger partial charge on any atom is 0.232 e. The van der Waals surface area contributed by atoms with E-state index in [1.807, 2.05) is 18.2 Å². The summed E-state index contributed by atoms with van der Waals surface area (Å²) in [6, 6.07) is 5.96. The van der Waals surface area contributed by atoms with Crippen LogP contribution in [0.15, 0.2) is 22.7 Å². The van der Waals surface area contributed by atoms with Gasteiger partial charge in [-0.05, 0) is 35.6 Å². The molecule has 1 atom stereocenters. The van der Waals surface area contributed by atoms with Crippen LogP contribution in [0, 0.1) is 5.41 Å². The Bertz CT molecular complexity index is 434. The van der Waals surface area contributed by atoms with Gasteiger partial charge in [-0.1, -0.05) is 36.7 Å². The smallest absolute Gasteiger partial charge is 0.232 e. The highest BCUT2D eigenvalue weighted by Gasteiger charge is 2.33. The van der Waals surface area contributed by atoms with E-state index in [9.17, 15) is 4.79 Å². The van der Waals surface area contributed by atoms with Crippen molar-refractivity contribution in [3.63, 3.8) is 0 Å². The van der Waals surface area contributed by atoms with Gasteiger partial charge in [0.2, 0.25) is 5.91 Å². The van der Waals surface area contributed by atoms with Crippen molar-refractivity contribution in [3.05, 3.63) is 28.2 Å². The Morgan fingerprint density at radius 3 is 2.69 bits per heavy atom. The maximum absolute atomic E-state index is 11.9. The first kappa shape index (κ1) is 11.6. The van der Waals surface area contributed by atoms with Crippen LogP contribution in [-0.4, -0.2) is 5.91 Å². The Morgan fingerprint density at radius 1 is 1.38 bits per heavy atom. The quantitative estimate of drug-likeness (QED) is 0.831. The Kier molecular flexibility index (Phi) is 2.82. The molecule has 0 spiro atoms. The second kappa shape index (κ2) is 3.88. The fourth-order valence-electron chi connectivity index (χ4n) is 2.11. The lowest BCUT2D eigenvalue weighted by molar-refractivity contribution is -0.117. The standard InChI is InChI=1S/C13H16BrNO/c1-13(2,3)7-10-9-6-8(14)4-5-11(9)15-12(10)16/h4-6,10H,7H2,1-3H3,(H,15,16). The van der Waals surface area contributed by atoms with E-state index in [2.05, 4.69) is 42.0 Å². The third-order valence-corrected chi connectivity index (χ3v) is 3.27. The molecule has 0 fully saturated rings. The first-order chi connectivity index (χ1) is 7.37. The molecule has 1 amide bonds. The number of carbonyl (C=O) groups is 1. The largest absolute Gasteiger partial charge is 0.325 e. The van der Waals surface area contributed by atoms with Crippen LogP contribution in [0.1, 0.15) is 38.7 Å². The molecule has 2 rings (SSSR count). The number of nitrogens with one attached hydrogen (secondary N) is 1. The van der Waals surface area contributed by atoms with E-state index in [0.717, 1.165) is 22.1 Å². The van der Waals surface area contributed by atoms with Gasteiger partial charge in [0.05, 0.1) is 5.92 Å². The molecule has 1 unspecified atom stereocenters. The van der Waals surface area contributed by atoms with E-state index in [1.165, 1.54) is 0 Å². The Balaban J connectivity index is 2.35. The summed E-state index contributed by atoms with van der Waals surface area (Å²) in [5, 5.41) is 2.94. The van der Waals surface area contributed by atoms with E-state index in [-0.39, 0.29) is 17.2 Å². The summed E-state index contributed by atoms with van der Waals surface area (Å²) in [5.74, 6) is 0.121. The van der Waals surface area contributed by atoms with E-state index in [4.69, 9.17) is 0 Å². The van der Waals surface area contributed by atoms with Gasteiger partial charge in [-0.25, -0.2) is 0 Å². The van der Waals surface area contributed by atoms with Crippen molar-refractivity contribution in [1.82, 2.24) is 0 Å². The fraction of sp³-hybridized carbons (Fsp3) is 0.462. The molecular formula is C13H16BrNO. The average Bonchev–Trinajstić information content (AvgIpc) is 2.42. The number of halogens is 1. The zero-order valence-electron chi connectivity index (χ0n) is 9.80. The fourth-order valence-corrected chi connectivity index (χ4v) is 2.49. The molecule has 1 aliphatic heterocycles. The molecule has 16 heavy (non-hydrogen) atoms. The van der Waals surface area contributed by atoms with Gasteiger partial charge in [0.1, 0.15) is 0 Å². The molecule has 0 aliphatic carbocycles. The van der Waals surface area contributed by atoms with Crippen molar-refractivity contribution in [2.24, 2.45) is 5.41 Å². The van der Waals surface area contributed by atoms with Crippen molar-refractivity contribution in [3.8, 4) is 0 Å². The van der Waals surface area contributed by atoms with Gasteiger partial charge in [-0.2, -0.15) is 0 Å². The zero-order chi connectivity index (χ0) is 11.9. The lowest BCUT2D eigenvalue weighted by Gasteiger charge is -2.21. The molecule has 0 bridgehead atoms. The molecule has 0 radical (unpaired) electrons. The van der Waals surface area contributed by atoms with Crippen LogP contribution in [0.3, 0.4) is 0 Å². The van der Waals surface area contributed by atoms with Gasteiger partial charge < -0.3 is 5.32 Å². The van der Waals surface area contributed by atoms with Crippen LogP contribution in [0.4, 0.5) is 5.69 Å². The summed E-state index contributed by atoms with van der Waals surface area (Å²) in [7, 11) is 0. The molecule has 1 aromatic rings. The number of hydrogen-bond donors (Lipinski definition) is 1. The topological polar surface area (TPSA) is 29.1 Å². The summed E-state index contributed by atoms with van der Waals surface area (Å²) in [6.45, 7) is 6.49. The SMILES string of the molecule is CC(C)(C)CC1C(=O)Nc2ccc(Br)cc21. The molecule has 0 aromatic heterocycles. The van der Waals surface area contributed by atoms with E-state index in [1.54, 1.807) is 0 Å². The third-order valence-electron chi connectivity index (χ3n) is 2.78. The molecule has 1 aliphatic rings.